The molecule has 4 heteroatoms. The van der Waals surface area contributed by atoms with Crippen LogP contribution in [0.15, 0.2) is 30.3 Å². The highest BCUT2D eigenvalue weighted by Gasteiger charge is 2.14. The van der Waals surface area contributed by atoms with Gasteiger partial charge in [-0.2, -0.15) is 11.8 Å². The van der Waals surface area contributed by atoms with E-state index in [0.29, 0.717) is 11.4 Å². The number of benzene rings is 1. The van der Waals surface area contributed by atoms with Crippen LogP contribution in [0.25, 0.3) is 0 Å². The van der Waals surface area contributed by atoms with Gasteiger partial charge in [-0.05, 0) is 32.2 Å². The van der Waals surface area contributed by atoms with Gasteiger partial charge >= 0.3 is 0 Å². The van der Waals surface area contributed by atoms with Crippen LogP contribution in [0.1, 0.15) is 13.8 Å². The standard InChI is InChI=1S/C13H21NOS.ClH/c1-13(2,16-3)11-14-9-10-15-12-7-5-4-6-8-12;/h4-8,14H,9-11H2,1-3H3;1H. The maximum Gasteiger partial charge on any atom is 0.119 e. The number of halogens is 1. The number of nitrogens with one attached hydrogen (secondary N) is 1. The van der Waals surface area contributed by atoms with Gasteiger partial charge in [-0.3, -0.25) is 0 Å². The van der Waals surface area contributed by atoms with E-state index >= 15 is 0 Å². The summed E-state index contributed by atoms with van der Waals surface area (Å²) in [4.78, 5) is 0. The van der Waals surface area contributed by atoms with Crippen LogP contribution in [0.4, 0.5) is 0 Å². The molecule has 2 nitrogen and oxygen atoms in total. The van der Waals surface area contributed by atoms with Crippen molar-refractivity contribution in [1.82, 2.24) is 5.32 Å². The summed E-state index contributed by atoms with van der Waals surface area (Å²) in [6.07, 6.45) is 2.14. The highest BCUT2D eigenvalue weighted by Crippen LogP contribution is 2.19. The highest BCUT2D eigenvalue weighted by molar-refractivity contribution is 7.99. The topological polar surface area (TPSA) is 21.3 Å². The van der Waals surface area contributed by atoms with Gasteiger partial charge in [0.25, 0.3) is 0 Å². The van der Waals surface area contributed by atoms with Crippen LogP contribution >= 0.6 is 24.2 Å². The summed E-state index contributed by atoms with van der Waals surface area (Å²) in [5, 5.41) is 3.40. The predicted molar refractivity (Wildman–Crippen MR) is 79.6 cm³/mol. The molecule has 1 N–H and O–H groups in total. The van der Waals surface area contributed by atoms with Crippen molar-refractivity contribution in [2.45, 2.75) is 18.6 Å². The number of hydrogen-bond donors (Lipinski definition) is 1. The fourth-order valence-electron chi connectivity index (χ4n) is 1.22. The molecule has 0 saturated carbocycles. The molecule has 0 atom stereocenters. The van der Waals surface area contributed by atoms with E-state index in [9.17, 15) is 0 Å². The van der Waals surface area contributed by atoms with Crippen molar-refractivity contribution >= 4 is 24.2 Å². The molecule has 0 saturated heterocycles. The number of ether oxygens (including phenoxy) is 1. The van der Waals surface area contributed by atoms with Crippen LogP contribution in [-0.2, 0) is 0 Å². The Morgan fingerprint density at radius 1 is 1.24 bits per heavy atom. The van der Waals surface area contributed by atoms with Gasteiger partial charge in [0, 0.05) is 17.8 Å². The minimum atomic E-state index is 0. The summed E-state index contributed by atoms with van der Waals surface area (Å²) in [5.41, 5.74) is 0. The summed E-state index contributed by atoms with van der Waals surface area (Å²) in [6, 6.07) is 9.92. The molecule has 0 heterocycles. The first-order valence-corrected chi connectivity index (χ1v) is 6.80. The highest BCUT2D eigenvalue weighted by atomic mass is 35.5. The van der Waals surface area contributed by atoms with Crippen LogP contribution in [0.5, 0.6) is 5.75 Å². The minimum absolute atomic E-state index is 0. The number of hydrogen-bond acceptors (Lipinski definition) is 3. The lowest BCUT2D eigenvalue weighted by atomic mass is 10.2. The van der Waals surface area contributed by atoms with E-state index in [2.05, 4.69) is 25.4 Å². The molecule has 0 aliphatic rings. The van der Waals surface area contributed by atoms with Crippen LogP contribution in [0.3, 0.4) is 0 Å². The molecule has 1 aromatic carbocycles. The van der Waals surface area contributed by atoms with Crippen molar-refractivity contribution in [2.75, 3.05) is 26.0 Å². The van der Waals surface area contributed by atoms with E-state index < -0.39 is 0 Å². The lowest BCUT2D eigenvalue weighted by Gasteiger charge is -2.22. The van der Waals surface area contributed by atoms with E-state index in [4.69, 9.17) is 4.74 Å². The third-order valence-corrected chi connectivity index (χ3v) is 3.64. The SMILES string of the molecule is CSC(C)(C)CNCCOc1ccccc1.Cl. The average molecular weight is 276 g/mol. The zero-order valence-corrected chi connectivity index (χ0v) is 12.4. The molecule has 1 aromatic rings. The fraction of sp³-hybridized carbons (Fsp3) is 0.538. The molecule has 0 aliphatic heterocycles. The second-order valence-electron chi connectivity index (χ2n) is 4.30. The lowest BCUT2D eigenvalue weighted by Crippen LogP contribution is -2.34. The van der Waals surface area contributed by atoms with E-state index in [1.807, 2.05) is 42.1 Å². The monoisotopic (exact) mass is 275 g/mol. The smallest absolute Gasteiger partial charge is 0.119 e. The largest absolute Gasteiger partial charge is 0.492 e. The van der Waals surface area contributed by atoms with Crippen molar-refractivity contribution < 1.29 is 4.74 Å². The minimum Gasteiger partial charge on any atom is -0.492 e. The third-order valence-electron chi connectivity index (χ3n) is 2.39. The molecule has 1 rings (SSSR count). The molecule has 0 bridgehead atoms. The molecule has 98 valence electrons. The van der Waals surface area contributed by atoms with Gasteiger partial charge < -0.3 is 10.1 Å². The van der Waals surface area contributed by atoms with Gasteiger partial charge in [0.15, 0.2) is 0 Å². The van der Waals surface area contributed by atoms with Crippen molar-refractivity contribution in [1.29, 1.82) is 0 Å². The first kappa shape index (κ1) is 16.6. The second-order valence-corrected chi connectivity index (χ2v) is 5.82. The first-order valence-electron chi connectivity index (χ1n) is 5.58. The number of rotatable bonds is 7. The summed E-state index contributed by atoms with van der Waals surface area (Å²) < 4.78 is 5.88. The Morgan fingerprint density at radius 3 is 2.47 bits per heavy atom. The van der Waals surface area contributed by atoms with Crippen molar-refractivity contribution in [3.63, 3.8) is 0 Å². The Hall–Kier alpha value is -0.380. The van der Waals surface area contributed by atoms with Gasteiger partial charge in [0.2, 0.25) is 0 Å². The molecule has 0 spiro atoms. The quantitative estimate of drug-likeness (QED) is 0.772. The second kappa shape index (κ2) is 8.67. The van der Waals surface area contributed by atoms with Crippen LogP contribution < -0.4 is 10.1 Å². The Bertz CT molecular complexity index is 293. The molecule has 0 amide bonds. The average Bonchev–Trinajstić information content (AvgIpc) is 2.30. The maximum atomic E-state index is 5.59. The van der Waals surface area contributed by atoms with E-state index in [0.717, 1.165) is 18.8 Å². The van der Waals surface area contributed by atoms with Crippen LogP contribution in [0.2, 0.25) is 0 Å². The third kappa shape index (κ3) is 7.53. The van der Waals surface area contributed by atoms with Gasteiger partial charge in [-0.1, -0.05) is 18.2 Å². The summed E-state index contributed by atoms with van der Waals surface area (Å²) in [5.74, 6) is 0.938. The van der Waals surface area contributed by atoms with Crippen molar-refractivity contribution in [3.05, 3.63) is 30.3 Å². The maximum absolute atomic E-state index is 5.59. The molecule has 17 heavy (non-hydrogen) atoms. The summed E-state index contributed by atoms with van der Waals surface area (Å²) in [7, 11) is 0. The lowest BCUT2D eigenvalue weighted by molar-refractivity contribution is 0.312. The summed E-state index contributed by atoms with van der Waals surface area (Å²) in [6.45, 7) is 7.09. The number of para-hydroxylation sites is 1. The molecule has 0 aromatic heterocycles. The van der Waals surface area contributed by atoms with Gasteiger partial charge in [0.05, 0.1) is 0 Å². The summed E-state index contributed by atoms with van der Waals surface area (Å²) >= 11 is 1.88. The molecule has 0 fully saturated rings. The van der Waals surface area contributed by atoms with Gasteiger partial charge in [-0.15, -0.1) is 12.4 Å². The molecule has 0 radical (unpaired) electrons. The molecule has 0 aliphatic carbocycles. The van der Waals surface area contributed by atoms with Crippen LogP contribution in [-0.4, -0.2) is 30.7 Å². The fourth-order valence-corrected chi connectivity index (χ4v) is 1.47. The first-order chi connectivity index (χ1) is 7.64. The van der Waals surface area contributed by atoms with Gasteiger partial charge in [0.1, 0.15) is 12.4 Å². The zero-order chi connectivity index (χ0) is 11.9. The Balaban J connectivity index is 0.00000256. The van der Waals surface area contributed by atoms with E-state index in [-0.39, 0.29) is 12.4 Å². The van der Waals surface area contributed by atoms with E-state index in [1.165, 1.54) is 0 Å². The van der Waals surface area contributed by atoms with Crippen LogP contribution in [0, 0.1) is 0 Å². The molecular formula is C13H22ClNOS. The predicted octanol–water partition coefficient (Wildman–Crippen LogP) is 3.22. The Labute approximate surface area is 115 Å². The zero-order valence-electron chi connectivity index (χ0n) is 10.7. The number of thioether (sulfide) groups is 1. The Morgan fingerprint density at radius 2 is 1.88 bits per heavy atom. The van der Waals surface area contributed by atoms with Crippen molar-refractivity contribution in [3.8, 4) is 5.75 Å². The Kier molecular flexibility index (Phi) is 8.48. The molecular weight excluding hydrogens is 254 g/mol. The van der Waals surface area contributed by atoms with E-state index in [1.54, 1.807) is 0 Å². The molecule has 0 unspecified atom stereocenters. The van der Waals surface area contributed by atoms with Crippen molar-refractivity contribution in [2.24, 2.45) is 0 Å². The van der Waals surface area contributed by atoms with Gasteiger partial charge in [-0.25, -0.2) is 0 Å². The normalized spacial score (nSPS) is 10.8.